The summed E-state index contributed by atoms with van der Waals surface area (Å²) in [5, 5.41) is 1.19. The number of pyridine rings is 1. The quantitative estimate of drug-likeness (QED) is 0.490. The fourth-order valence-corrected chi connectivity index (χ4v) is 1.39. The van der Waals surface area contributed by atoms with E-state index >= 15 is 0 Å². The standard InChI is InChI=1S/C11H12NO.HI/c1-2-13-12-9-5-7-10-6-3-4-8-11(10)12;/h3-9H,2H2,1H3;1H/q+1;/p-1. The molecule has 0 N–H and O–H groups in total. The van der Waals surface area contributed by atoms with E-state index in [1.165, 1.54) is 5.39 Å². The van der Waals surface area contributed by atoms with E-state index < -0.39 is 0 Å². The summed E-state index contributed by atoms with van der Waals surface area (Å²) in [5.74, 6) is 0. The third-order valence-corrected chi connectivity index (χ3v) is 1.94. The lowest BCUT2D eigenvalue weighted by Crippen LogP contribution is -3.00. The van der Waals surface area contributed by atoms with Crippen LogP contribution < -0.4 is 33.5 Å². The van der Waals surface area contributed by atoms with Gasteiger partial charge in [-0.3, -0.25) is 4.84 Å². The number of fused-ring (bicyclic) bond motifs is 1. The van der Waals surface area contributed by atoms with E-state index in [4.69, 9.17) is 4.84 Å². The van der Waals surface area contributed by atoms with E-state index in [9.17, 15) is 0 Å². The number of para-hydroxylation sites is 1. The zero-order valence-corrected chi connectivity index (χ0v) is 10.1. The Kier molecular flexibility index (Phi) is 4.13. The Morgan fingerprint density at radius 2 is 1.86 bits per heavy atom. The van der Waals surface area contributed by atoms with Crippen molar-refractivity contribution in [2.75, 3.05) is 6.61 Å². The summed E-state index contributed by atoms with van der Waals surface area (Å²) in [7, 11) is 0. The zero-order valence-electron chi connectivity index (χ0n) is 7.98. The Hall–Kier alpha value is -0.840. The van der Waals surface area contributed by atoms with Crippen LogP contribution in [-0.2, 0) is 0 Å². The van der Waals surface area contributed by atoms with Crippen LogP contribution in [0.15, 0.2) is 42.6 Å². The number of hydrogen-bond acceptors (Lipinski definition) is 1. The van der Waals surface area contributed by atoms with E-state index in [0.29, 0.717) is 6.61 Å². The number of benzene rings is 1. The Labute approximate surface area is 100 Å². The van der Waals surface area contributed by atoms with Gasteiger partial charge in [-0.15, -0.1) is 0 Å². The van der Waals surface area contributed by atoms with Crippen LogP contribution >= 0.6 is 0 Å². The Morgan fingerprint density at radius 1 is 1.14 bits per heavy atom. The molecule has 1 aromatic carbocycles. The van der Waals surface area contributed by atoms with Crippen LogP contribution in [0, 0.1) is 0 Å². The molecule has 0 fully saturated rings. The van der Waals surface area contributed by atoms with E-state index in [2.05, 4.69) is 12.1 Å². The zero-order chi connectivity index (χ0) is 9.10. The molecule has 0 aliphatic heterocycles. The molecule has 0 bridgehead atoms. The molecule has 2 nitrogen and oxygen atoms in total. The average Bonchev–Trinajstić information content (AvgIpc) is 2.19. The van der Waals surface area contributed by atoms with Gasteiger partial charge < -0.3 is 24.0 Å². The Balaban J connectivity index is 0.000000980. The SMILES string of the molecule is CCO[n+]1cccc2ccccc21.[I-]. The highest BCUT2D eigenvalue weighted by atomic mass is 127. The van der Waals surface area contributed by atoms with Gasteiger partial charge in [0.1, 0.15) is 0 Å². The summed E-state index contributed by atoms with van der Waals surface area (Å²) in [6, 6.07) is 12.2. The lowest BCUT2D eigenvalue weighted by Gasteiger charge is -1.97. The second kappa shape index (κ2) is 5.14. The summed E-state index contributed by atoms with van der Waals surface area (Å²) >= 11 is 0. The Bertz CT molecular complexity index is 411. The number of aromatic nitrogens is 1. The first kappa shape index (κ1) is 11.2. The largest absolute Gasteiger partial charge is 1.00 e. The minimum Gasteiger partial charge on any atom is -1.00 e. The molecule has 0 saturated carbocycles. The minimum absolute atomic E-state index is 0. The van der Waals surface area contributed by atoms with Crippen LogP contribution in [0.5, 0.6) is 0 Å². The highest BCUT2D eigenvalue weighted by Gasteiger charge is 2.06. The normalized spacial score (nSPS) is 9.50. The van der Waals surface area contributed by atoms with Crippen molar-refractivity contribution in [1.29, 1.82) is 0 Å². The molecule has 2 aromatic rings. The average molecular weight is 301 g/mol. The van der Waals surface area contributed by atoms with Gasteiger partial charge in [-0.25, -0.2) is 0 Å². The minimum atomic E-state index is 0. The maximum absolute atomic E-state index is 5.44. The van der Waals surface area contributed by atoms with Crippen LogP contribution in [0.2, 0.25) is 0 Å². The van der Waals surface area contributed by atoms with Crippen LogP contribution in [0.3, 0.4) is 0 Å². The van der Waals surface area contributed by atoms with Crippen molar-refractivity contribution in [1.82, 2.24) is 0 Å². The molecule has 0 amide bonds. The van der Waals surface area contributed by atoms with Crippen molar-refractivity contribution in [2.24, 2.45) is 0 Å². The molecule has 0 radical (unpaired) electrons. The molecular formula is C11H12INO. The summed E-state index contributed by atoms with van der Waals surface area (Å²) in [5.41, 5.74) is 1.10. The van der Waals surface area contributed by atoms with Gasteiger partial charge in [0.2, 0.25) is 6.20 Å². The first-order valence-electron chi connectivity index (χ1n) is 4.44. The van der Waals surface area contributed by atoms with Crippen LogP contribution in [0.25, 0.3) is 10.9 Å². The molecule has 1 aromatic heterocycles. The molecule has 0 aliphatic carbocycles. The van der Waals surface area contributed by atoms with E-state index in [-0.39, 0.29) is 24.0 Å². The van der Waals surface area contributed by atoms with Crippen molar-refractivity contribution in [3.63, 3.8) is 0 Å². The van der Waals surface area contributed by atoms with E-state index in [0.717, 1.165) is 5.52 Å². The third-order valence-electron chi connectivity index (χ3n) is 1.94. The van der Waals surface area contributed by atoms with Crippen molar-refractivity contribution < 1.29 is 33.5 Å². The number of halogens is 1. The fraction of sp³-hybridized carbons (Fsp3) is 0.182. The van der Waals surface area contributed by atoms with Gasteiger partial charge in [-0.2, -0.15) is 0 Å². The van der Waals surface area contributed by atoms with Gasteiger partial charge in [-0.05, 0) is 19.1 Å². The van der Waals surface area contributed by atoms with Gasteiger partial charge in [-0.1, -0.05) is 12.1 Å². The first-order valence-corrected chi connectivity index (χ1v) is 4.44. The van der Waals surface area contributed by atoms with Crippen molar-refractivity contribution in [3.8, 4) is 0 Å². The Morgan fingerprint density at radius 3 is 2.64 bits per heavy atom. The maximum atomic E-state index is 5.44. The predicted molar refractivity (Wildman–Crippen MR) is 51.3 cm³/mol. The topological polar surface area (TPSA) is 13.1 Å². The smallest absolute Gasteiger partial charge is 0.264 e. The third kappa shape index (κ3) is 2.15. The second-order valence-corrected chi connectivity index (χ2v) is 2.81. The van der Waals surface area contributed by atoms with Gasteiger partial charge >= 0.3 is 0 Å². The molecule has 2 rings (SSSR count). The highest BCUT2D eigenvalue weighted by Crippen LogP contribution is 2.06. The van der Waals surface area contributed by atoms with E-state index in [1.54, 1.807) is 4.73 Å². The van der Waals surface area contributed by atoms with Gasteiger partial charge in [0.05, 0.1) is 5.39 Å². The fourth-order valence-electron chi connectivity index (χ4n) is 1.39. The summed E-state index contributed by atoms with van der Waals surface area (Å²) in [6.07, 6.45) is 1.92. The van der Waals surface area contributed by atoms with Gasteiger partial charge in [0.25, 0.3) is 5.52 Å². The number of hydrogen-bond donors (Lipinski definition) is 0. The molecule has 0 atom stereocenters. The van der Waals surface area contributed by atoms with Crippen molar-refractivity contribution in [2.45, 2.75) is 6.92 Å². The molecule has 3 heteroatoms. The molecule has 0 aliphatic rings. The van der Waals surface area contributed by atoms with Gasteiger partial charge in [0.15, 0.2) is 6.61 Å². The number of rotatable bonds is 2. The predicted octanol–water partition coefficient (Wildman–Crippen LogP) is -1.42. The maximum Gasteiger partial charge on any atom is 0.264 e. The molecule has 0 spiro atoms. The van der Waals surface area contributed by atoms with Crippen molar-refractivity contribution in [3.05, 3.63) is 42.6 Å². The monoisotopic (exact) mass is 301 g/mol. The highest BCUT2D eigenvalue weighted by molar-refractivity contribution is 5.74. The summed E-state index contributed by atoms with van der Waals surface area (Å²) in [6.45, 7) is 2.66. The lowest BCUT2D eigenvalue weighted by atomic mass is 10.2. The second-order valence-electron chi connectivity index (χ2n) is 2.81. The van der Waals surface area contributed by atoms with Gasteiger partial charge in [0, 0.05) is 16.9 Å². The first-order chi connectivity index (χ1) is 6.42. The lowest BCUT2D eigenvalue weighted by molar-refractivity contribution is -0.870. The molecule has 14 heavy (non-hydrogen) atoms. The van der Waals surface area contributed by atoms with Crippen molar-refractivity contribution >= 4 is 10.9 Å². The molecular weight excluding hydrogens is 289 g/mol. The van der Waals surface area contributed by atoms with Crippen LogP contribution in [0.4, 0.5) is 0 Å². The van der Waals surface area contributed by atoms with E-state index in [1.807, 2.05) is 37.4 Å². The number of nitrogens with zero attached hydrogens (tertiary/aromatic N) is 1. The molecule has 0 unspecified atom stereocenters. The molecule has 0 saturated heterocycles. The molecule has 74 valence electrons. The summed E-state index contributed by atoms with van der Waals surface area (Å²) < 4.78 is 1.80. The molecule has 1 heterocycles. The van der Waals surface area contributed by atoms with Crippen LogP contribution in [-0.4, -0.2) is 6.61 Å². The summed E-state index contributed by atoms with van der Waals surface area (Å²) in [4.78, 5) is 5.44. The van der Waals surface area contributed by atoms with Crippen LogP contribution in [0.1, 0.15) is 6.92 Å².